The lowest BCUT2D eigenvalue weighted by Crippen LogP contribution is -2.75. The minimum Gasteiger partial charge on any atom is -0.462 e. The third-order valence-electron chi connectivity index (χ3n) is 9.95. The van der Waals surface area contributed by atoms with E-state index < -0.39 is 107 Å². The van der Waals surface area contributed by atoms with E-state index in [0.717, 1.165) is 34.6 Å². The van der Waals surface area contributed by atoms with Crippen molar-refractivity contribution in [1.82, 2.24) is 0 Å². The molecule has 0 spiro atoms. The summed E-state index contributed by atoms with van der Waals surface area (Å²) in [4.78, 5) is 75.8. The van der Waals surface area contributed by atoms with Crippen LogP contribution in [-0.2, 0) is 57.2 Å². The predicted molar refractivity (Wildman–Crippen MR) is 156 cm³/mol. The number of rotatable bonds is 7. The second-order valence-corrected chi connectivity index (χ2v) is 13.3. The summed E-state index contributed by atoms with van der Waals surface area (Å²) in [5, 5.41) is 24.0. The molecule has 2 N–H and O–H groups in total. The molecular weight excluding hydrogens is 608 g/mol. The Kier molecular flexibility index (Phi) is 10.7. The van der Waals surface area contributed by atoms with Crippen LogP contribution in [-0.4, -0.2) is 94.9 Å². The van der Waals surface area contributed by atoms with E-state index in [0.29, 0.717) is 5.57 Å². The van der Waals surface area contributed by atoms with Crippen LogP contribution in [0.5, 0.6) is 0 Å². The molecule has 3 aliphatic carbocycles. The molecule has 2 fully saturated rings. The number of carbonyl (C=O) groups excluding carboxylic acids is 6. The number of ether oxygens (including phenoxy) is 6. The predicted octanol–water partition coefficient (Wildman–Crippen LogP) is 1.70. The fraction of sp³-hybridized carbons (Fsp3) is 0.750. The van der Waals surface area contributed by atoms with E-state index in [1.54, 1.807) is 27.7 Å². The number of hydrogen-bond donors (Lipinski definition) is 2. The topological polar surface area (TPSA) is 198 Å². The summed E-state index contributed by atoms with van der Waals surface area (Å²) < 4.78 is 35.1. The Labute approximate surface area is 268 Å². The molecule has 0 aromatic heterocycles. The fourth-order valence-corrected chi connectivity index (χ4v) is 8.19. The first-order valence-corrected chi connectivity index (χ1v) is 15.2. The minimum atomic E-state index is -2.13. The average Bonchev–Trinajstić information content (AvgIpc) is 2.88. The monoisotopic (exact) mass is 654 g/mol. The molecule has 0 aliphatic heterocycles. The molecular formula is C32H46O14. The van der Waals surface area contributed by atoms with Gasteiger partial charge in [0.15, 0.2) is 12.2 Å². The molecule has 3 aliphatic rings. The van der Waals surface area contributed by atoms with Crippen LogP contribution < -0.4 is 0 Å². The fourth-order valence-electron chi connectivity index (χ4n) is 8.19. The summed E-state index contributed by atoms with van der Waals surface area (Å²) in [6, 6.07) is 0. The molecule has 2 bridgehead atoms. The number of fused-ring (bicyclic) bond motifs is 3. The standard InChI is InChI=1S/C32H46O14/c1-14-23(42-16(3)35)12-32(40)28(45-19(6)38)26-21(13-33)22(41-15(2)34)11-24(43-17(4)36)31(26,10)29(46-20(7)39)27(44-18(5)37)25(14)30(32,8)9/h21-24,26-29,33,40H,11-13H2,1-10H3. The molecule has 14 heteroatoms. The maximum absolute atomic E-state index is 13.0. The SMILES string of the molecule is CC(=O)OC1CC2(O)C(OC(C)=O)C3C(CO)C(OC(C)=O)CC(OC(C)=O)C3(C)C(OC(C)=O)C(OC(C)=O)C(=C1C)C2(C)C. The van der Waals surface area contributed by atoms with Gasteiger partial charge in [-0.15, -0.1) is 0 Å². The maximum atomic E-state index is 13.0. The highest BCUT2D eigenvalue weighted by molar-refractivity contribution is 5.70. The third-order valence-corrected chi connectivity index (χ3v) is 9.95. The molecule has 0 aromatic rings. The molecule has 258 valence electrons. The number of carbonyl (C=O) groups is 6. The number of hydrogen-bond acceptors (Lipinski definition) is 14. The largest absolute Gasteiger partial charge is 0.462 e. The highest BCUT2D eigenvalue weighted by Crippen LogP contribution is 2.63. The van der Waals surface area contributed by atoms with Gasteiger partial charge >= 0.3 is 35.8 Å². The Balaban J connectivity index is 2.62. The Morgan fingerprint density at radius 3 is 1.65 bits per heavy atom. The number of aliphatic hydroxyl groups excluding tert-OH is 1. The van der Waals surface area contributed by atoms with Crippen molar-refractivity contribution in [1.29, 1.82) is 0 Å². The highest BCUT2D eigenvalue weighted by Gasteiger charge is 2.73. The number of aliphatic hydroxyl groups is 2. The second-order valence-electron chi connectivity index (χ2n) is 13.3. The van der Waals surface area contributed by atoms with Crippen molar-refractivity contribution < 1.29 is 67.4 Å². The van der Waals surface area contributed by atoms with Crippen molar-refractivity contribution in [3.8, 4) is 0 Å². The van der Waals surface area contributed by atoms with Crippen LogP contribution in [0.4, 0.5) is 0 Å². The summed E-state index contributed by atoms with van der Waals surface area (Å²) in [6.07, 6.45) is -8.57. The van der Waals surface area contributed by atoms with E-state index in [-0.39, 0.29) is 18.4 Å². The lowest BCUT2D eigenvalue weighted by molar-refractivity contribution is -0.284. The van der Waals surface area contributed by atoms with Crippen LogP contribution in [0, 0.1) is 22.7 Å². The zero-order valence-corrected chi connectivity index (χ0v) is 28.0. The van der Waals surface area contributed by atoms with Gasteiger partial charge in [-0.1, -0.05) is 20.8 Å². The molecule has 14 nitrogen and oxygen atoms in total. The van der Waals surface area contributed by atoms with Gasteiger partial charge in [0.05, 0.1) is 5.41 Å². The van der Waals surface area contributed by atoms with Crippen LogP contribution >= 0.6 is 0 Å². The van der Waals surface area contributed by atoms with Crippen molar-refractivity contribution >= 4 is 35.8 Å². The quantitative estimate of drug-likeness (QED) is 0.228. The first kappa shape index (κ1) is 36.9. The summed E-state index contributed by atoms with van der Waals surface area (Å²) in [5.41, 5.74) is -4.65. The number of esters is 6. The van der Waals surface area contributed by atoms with E-state index in [1.165, 1.54) is 6.92 Å². The van der Waals surface area contributed by atoms with Gasteiger partial charge in [-0.25, -0.2) is 0 Å². The smallest absolute Gasteiger partial charge is 0.303 e. The molecule has 0 amide bonds. The second kappa shape index (κ2) is 13.3. The third kappa shape index (κ3) is 6.51. The van der Waals surface area contributed by atoms with E-state index >= 15 is 0 Å². The summed E-state index contributed by atoms with van der Waals surface area (Å²) in [7, 11) is 0. The van der Waals surface area contributed by atoms with E-state index in [2.05, 4.69) is 0 Å². The van der Waals surface area contributed by atoms with Gasteiger partial charge in [0.2, 0.25) is 0 Å². The highest BCUT2D eigenvalue weighted by atomic mass is 16.6. The first-order chi connectivity index (χ1) is 21.1. The maximum Gasteiger partial charge on any atom is 0.303 e. The van der Waals surface area contributed by atoms with Crippen LogP contribution in [0.2, 0.25) is 0 Å². The van der Waals surface area contributed by atoms with Gasteiger partial charge in [0, 0.05) is 78.2 Å². The van der Waals surface area contributed by atoms with Gasteiger partial charge < -0.3 is 38.6 Å². The van der Waals surface area contributed by atoms with Gasteiger partial charge in [0.1, 0.15) is 30.0 Å². The van der Waals surface area contributed by atoms with Crippen LogP contribution in [0.3, 0.4) is 0 Å². The van der Waals surface area contributed by atoms with Gasteiger partial charge in [0.25, 0.3) is 0 Å². The molecule has 10 unspecified atom stereocenters. The van der Waals surface area contributed by atoms with Crippen molar-refractivity contribution in [2.75, 3.05) is 6.61 Å². The zero-order chi connectivity index (χ0) is 35.1. The molecule has 2 saturated carbocycles. The normalized spacial score (nSPS) is 36.5. The zero-order valence-electron chi connectivity index (χ0n) is 28.0. The van der Waals surface area contributed by atoms with E-state index in [1.807, 2.05) is 0 Å². The van der Waals surface area contributed by atoms with Gasteiger partial charge in [-0.3, -0.25) is 28.8 Å². The summed E-state index contributed by atoms with van der Waals surface area (Å²) in [5.74, 6) is -6.99. The lowest BCUT2D eigenvalue weighted by atomic mass is 9.46. The molecule has 10 atom stereocenters. The van der Waals surface area contributed by atoms with Crippen molar-refractivity contribution in [3.63, 3.8) is 0 Å². The van der Waals surface area contributed by atoms with E-state index in [9.17, 15) is 39.0 Å². The van der Waals surface area contributed by atoms with Crippen LogP contribution in [0.25, 0.3) is 0 Å². The Bertz CT molecular complexity index is 1300. The summed E-state index contributed by atoms with van der Waals surface area (Å²) in [6.45, 7) is 12.6. The van der Waals surface area contributed by atoms with Crippen molar-refractivity contribution in [3.05, 3.63) is 11.1 Å². The Hall–Kier alpha value is -3.52. The molecule has 46 heavy (non-hydrogen) atoms. The van der Waals surface area contributed by atoms with E-state index in [4.69, 9.17) is 28.4 Å². The van der Waals surface area contributed by atoms with Crippen molar-refractivity contribution in [2.45, 2.75) is 124 Å². The molecule has 3 rings (SSSR count). The van der Waals surface area contributed by atoms with Crippen molar-refractivity contribution in [2.24, 2.45) is 22.7 Å². The van der Waals surface area contributed by atoms with Crippen LogP contribution in [0.1, 0.15) is 82.1 Å². The average molecular weight is 655 g/mol. The molecule has 0 saturated heterocycles. The van der Waals surface area contributed by atoms with Crippen LogP contribution in [0.15, 0.2) is 11.1 Å². The molecule has 0 aromatic carbocycles. The Morgan fingerprint density at radius 2 is 1.20 bits per heavy atom. The van der Waals surface area contributed by atoms with Gasteiger partial charge in [-0.05, 0) is 18.1 Å². The van der Waals surface area contributed by atoms with Gasteiger partial charge in [-0.2, -0.15) is 0 Å². The summed E-state index contributed by atoms with van der Waals surface area (Å²) >= 11 is 0. The molecule has 0 radical (unpaired) electrons. The first-order valence-electron chi connectivity index (χ1n) is 15.2. The molecule has 0 heterocycles. The minimum absolute atomic E-state index is 0.190. The Morgan fingerprint density at radius 1 is 0.717 bits per heavy atom. The lowest BCUT2D eigenvalue weighted by Gasteiger charge is -2.64.